The molecule has 1 N–H and O–H groups in total. The summed E-state index contributed by atoms with van der Waals surface area (Å²) in [6.07, 6.45) is 0. The lowest BCUT2D eigenvalue weighted by molar-refractivity contribution is 0.0874. The summed E-state index contributed by atoms with van der Waals surface area (Å²) in [7, 11) is -1.70. The third-order valence-corrected chi connectivity index (χ3v) is 7.08. The summed E-state index contributed by atoms with van der Waals surface area (Å²) in [5.41, 5.74) is 0. The number of benzene rings is 1. The quantitative estimate of drug-likeness (QED) is 0.649. The minimum absolute atomic E-state index is 0. The average Bonchev–Trinajstić information content (AvgIpc) is 3.18. The Balaban J connectivity index is 0.00000300. The van der Waals surface area contributed by atoms with Crippen LogP contribution < -0.4 is 5.32 Å². The molecule has 1 atom stereocenters. The van der Waals surface area contributed by atoms with Crippen molar-refractivity contribution in [3.63, 3.8) is 0 Å². The van der Waals surface area contributed by atoms with Crippen LogP contribution in [-0.2, 0) is 9.84 Å². The number of hydrogen-bond donors (Lipinski definition) is 1. The van der Waals surface area contributed by atoms with Crippen molar-refractivity contribution < 1.29 is 17.6 Å². The number of nitrogens with one attached hydrogen (secondary N) is 1. The van der Waals surface area contributed by atoms with E-state index in [9.17, 15) is 13.2 Å². The van der Waals surface area contributed by atoms with Gasteiger partial charge in [-0.3, -0.25) is 9.69 Å². The monoisotopic (exact) mass is 505 g/mol. The number of sulfone groups is 1. The molecule has 1 aliphatic rings. The second-order valence-electron chi connectivity index (χ2n) is 6.97. The maximum atomic E-state index is 12.6. The van der Waals surface area contributed by atoms with Crippen molar-refractivity contribution in [2.45, 2.75) is 23.0 Å². The summed E-state index contributed by atoms with van der Waals surface area (Å²) in [6.45, 7) is 6.48. The van der Waals surface area contributed by atoms with Gasteiger partial charge in [0.1, 0.15) is 0 Å². The van der Waals surface area contributed by atoms with E-state index in [0.29, 0.717) is 6.54 Å². The maximum absolute atomic E-state index is 12.6. The molecule has 2 aromatic rings. The lowest BCUT2D eigenvalue weighted by Crippen LogP contribution is -2.51. The molecule has 10 heteroatoms. The number of piperazine rings is 1. The van der Waals surface area contributed by atoms with Crippen LogP contribution in [0.2, 0.25) is 0 Å². The van der Waals surface area contributed by atoms with Gasteiger partial charge in [0.05, 0.1) is 4.90 Å². The maximum Gasteiger partial charge on any atom is 0.287 e. The smallest absolute Gasteiger partial charge is 0.287 e. The Morgan fingerprint density at radius 2 is 1.76 bits per heavy atom. The van der Waals surface area contributed by atoms with Crippen molar-refractivity contribution in [2.75, 3.05) is 39.8 Å². The van der Waals surface area contributed by atoms with Gasteiger partial charge in [-0.1, -0.05) is 15.9 Å². The SMILES string of the molecule is CC(CNC(=O)c1ccc(S(=O)(=O)c2ccc(Br)cc2)o1)N1CCN(C)CC1.Cl. The molecular formula is C19H25BrClN3O4S. The molecule has 0 aliphatic carbocycles. The van der Waals surface area contributed by atoms with Crippen LogP contribution in [0.5, 0.6) is 0 Å². The van der Waals surface area contributed by atoms with Crippen molar-refractivity contribution in [2.24, 2.45) is 0 Å². The predicted octanol–water partition coefficient (Wildman–Crippen LogP) is 2.66. The zero-order valence-electron chi connectivity index (χ0n) is 16.3. The van der Waals surface area contributed by atoms with Crippen molar-refractivity contribution in [3.8, 4) is 0 Å². The Hall–Kier alpha value is -1.39. The van der Waals surface area contributed by atoms with Crippen LogP contribution in [0, 0.1) is 0 Å². The Morgan fingerprint density at radius 3 is 2.38 bits per heavy atom. The number of carbonyl (C=O) groups excluding carboxylic acids is 1. The van der Waals surface area contributed by atoms with Gasteiger partial charge in [0.2, 0.25) is 14.9 Å². The zero-order chi connectivity index (χ0) is 20.3. The van der Waals surface area contributed by atoms with Crippen LogP contribution >= 0.6 is 28.3 Å². The lowest BCUT2D eigenvalue weighted by atomic mass is 10.2. The number of amides is 1. The molecule has 1 aromatic carbocycles. The molecule has 2 heterocycles. The molecule has 0 radical (unpaired) electrons. The van der Waals surface area contributed by atoms with Crippen LogP contribution in [0.4, 0.5) is 0 Å². The van der Waals surface area contributed by atoms with Crippen molar-refractivity contribution in [3.05, 3.63) is 46.6 Å². The molecule has 0 bridgehead atoms. The molecular weight excluding hydrogens is 482 g/mol. The number of halogens is 2. The first-order valence-electron chi connectivity index (χ1n) is 9.08. The Bertz CT molecular complexity index is 925. The van der Waals surface area contributed by atoms with E-state index in [0.717, 1.165) is 30.7 Å². The summed E-state index contributed by atoms with van der Waals surface area (Å²) in [6, 6.07) is 9.15. The predicted molar refractivity (Wildman–Crippen MR) is 116 cm³/mol. The van der Waals surface area contributed by atoms with Gasteiger partial charge in [-0.05, 0) is 50.4 Å². The highest BCUT2D eigenvalue weighted by molar-refractivity contribution is 9.10. The van der Waals surface area contributed by atoms with Crippen LogP contribution in [0.3, 0.4) is 0 Å². The fourth-order valence-electron chi connectivity index (χ4n) is 3.04. The Morgan fingerprint density at radius 1 is 1.14 bits per heavy atom. The molecule has 160 valence electrons. The molecule has 1 aromatic heterocycles. The molecule has 1 unspecified atom stereocenters. The summed E-state index contributed by atoms with van der Waals surface area (Å²) in [4.78, 5) is 17.1. The molecule has 0 saturated carbocycles. The Kier molecular flexibility index (Phi) is 8.30. The van der Waals surface area contributed by atoms with Crippen LogP contribution in [0.1, 0.15) is 17.5 Å². The van der Waals surface area contributed by atoms with Gasteiger partial charge in [0.15, 0.2) is 5.76 Å². The molecule has 1 aliphatic heterocycles. The van der Waals surface area contributed by atoms with E-state index in [1.165, 1.54) is 24.3 Å². The topological polar surface area (TPSA) is 82.9 Å². The molecule has 1 fully saturated rings. The highest BCUT2D eigenvalue weighted by atomic mass is 79.9. The summed E-state index contributed by atoms with van der Waals surface area (Å²) in [5.74, 6) is -0.431. The number of rotatable bonds is 6. The van der Waals surface area contributed by atoms with Gasteiger partial charge >= 0.3 is 0 Å². The van der Waals surface area contributed by atoms with E-state index in [4.69, 9.17) is 4.42 Å². The normalized spacial score (nSPS) is 16.8. The van der Waals surface area contributed by atoms with E-state index >= 15 is 0 Å². The van der Waals surface area contributed by atoms with Crippen molar-refractivity contribution >= 4 is 44.1 Å². The van der Waals surface area contributed by atoms with Gasteiger partial charge in [-0.25, -0.2) is 8.42 Å². The number of nitrogens with zero attached hydrogens (tertiary/aromatic N) is 2. The first-order chi connectivity index (χ1) is 13.3. The third-order valence-electron chi connectivity index (χ3n) is 4.91. The Labute approximate surface area is 185 Å². The van der Waals surface area contributed by atoms with Gasteiger partial charge in [-0.2, -0.15) is 0 Å². The molecule has 0 spiro atoms. The van der Waals surface area contributed by atoms with Gasteiger partial charge in [0, 0.05) is 43.2 Å². The van der Waals surface area contributed by atoms with E-state index in [2.05, 4.69) is 45.0 Å². The van der Waals surface area contributed by atoms with Gasteiger partial charge in [0.25, 0.3) is 5.91 Å². The fourth-order valence-corrected chi connectivity index (χ4v) is 4.47. The van der Waals surface area contributed by atoms with Crippen molar-refractivity contribution in [1.82, 2.24) is 15.1 Å². The average molecular weight is 507 g/mol. The van der Waals surface area contributed by atoms with E-state index < -0.39 is 15.7 Å². The van der Waals surface area contributed by atoms with Crippen LogP contribution in [0.25, 0.3) is 0 Å². The van der Waals surface area contributed by atoms with E-state index in [1.807, 2.05) is 0 Å². The number of furan rings is 1. The minimum Gasteiger partial charge on any atom is -0.439 e. The first kappa shape index (κ1) is 23.9. The second-order valence-corrected chi connectivity index (χ2v) is 9.77. The first-order valence-corrected chi connectivity index (χ1v) is 11.4. The highest BCUT2D eigenvalue weighted by Gasteiger charge is 2.24. The molecule has 7 nitrogen and oxygen atoms in total. The fraction of sp³-hybridized carbons (Fsp3) is 0.421. The van der Waals surface area contributed by atoms with Crippen LogP contribution in [-0.4, -0.2) is 69.9 Å². The molecule has 3 rings (SSSR count). The van der Waals surface area contributed by atoms with E-state index in [1.54, 1.807) is 12.1 Å². The third kappa shape index (κ3) is 5.82. The molecule has 1 saturated heterocycles. The number of hydrogen-bond acceptors (Lipinski definition) is 6. The lowest BCUT2D eigenvalue weighted by Gasteiger charge is -2.36. The highest BCUT2D eigenvalue weighted by Crippen LogP contribution is 2.24. The number of carbonyl (C=O) groups is 1. The number of likely N-dealkylation sites (N-methyl/N-ethyl adjacent to an activating group) is 1. The standard InChI is InChI=1S/C19H24BrN3O4S.ClH/c1-14(23-11-9-22(2)10-12-23)13-21-19(24)17-7-8-18(27-17)28(25,26)16-5-3-15(20)4-6-16;/h3-8,14H,9-13H2,1-2H3,(H,21,24);1H. The summed E-state index contributed by atoms with van der Waals surface area (Å²) >= 11 is 3.28. The molecule has 1 amide bonds. The summed E-state index contributed by atoms with van der Waals surface area (Å²) in [5, 5.41) is 2.59. The van der Waals surface area contributed by atoms with E-state index in [-0.39, 0.29) is 34.2 Å². The van der Waals surface area contributed by atoms with Gasteiger partial charge in [-0.15, -0.1) is 12.4 Å². The van der Waals surface area contributed by atoms with Crippen molar-refractivity contribution in [1.29, 1.82) is 0 Å². The molecule has 29 heavy (non-hydrogen) atoms. The minimum atomic E-state index is -3.80. The largest absolute Gasteiger partial charge is 0.439 e. The van der Waals surface area contributed by atoms with Gasteiger partial charge < -0.3 is 14.6 Å². The van der Waals surface area contributed by atoms with Crippen LogP contribution in [0.15, 0.2) is 55.3 Å². The summed E-state index contributed by atoms with van der Waals surface area (Å²) < 4.78 is 31.4. The zero-order valence-corrected chi connectivity index (χ0v) is 19.5. The second kappa shape index (κ2) is 10.1.